The van der Waals surface area contributed by atoms with Crippen LogP contribution in [0.5, 0.6) is 0 Å². The van der Waals surface area contributed by atoms with Crippen LogP contribution >= 0.6 is 0 Å². The van der Waals surface area contributed by atoms with Crippen molar-refractivity contribution in [3.8, 4) is 0 Å². The average molecular weight is 237 g/mol. The van der Waals surface area contributed by atoms with E-state index in [9.17, 15) is 4.79 Å². The van der Waals surface area contributed by atoms with Crippen LogP contribution < -0.4 is 0 Å². The first-order chi connectivity index (χ1) is 8.22. The van der Waals surface area contributed by atoms with Crippen molar-refractivity contribution in [1.82, 2.24) is 4.90 Å². The number of likely N-dealkylation sites (N-methyl/N-ethyl adjacent to an activating group) is 1. The van der Waals surface area contributed by atoms with Gasteiger partial charge < -0.3 is 9.64 Å². The fraction of sp³-hybridized carbons (Fsp3) is 0.786. The Morgan fingerprint density at radius 2 is 2.00 bits per heavy atom. The van der Waals surface area contributed by atoms with Crippen molar-refractivity contribution in [2.75, 3.05) is 27.2 Å². The maximum absolute atomic E-state index is 11.8. The second kappa shape index (κ2) is 5.67. The van der Waals surface area contributed by atoms with Crippen LogP contribution in [0.2, 0.25) is 0 Å². The summed E-state index contributed by atoms with van der Waals surface area (Å²) in [5, 5.41) is 0. The molecule has 0 N–H and O–H groups in total. The lowest BCUT2D eigenvalue weighted by atomic mass is 9.80. The zero-order valence-electron chi connectivity index (χ0n) is 11.0. The molecule has 2 aliphatic rings. The number of hydrogen-bond donors (Lipinski definition) is 0. The molecule has 96 valence electrons. The number of esters is 1. The van der Waals surface area contributed by atoms with E-state index in [0.717, 1.165) is 25.1 Å². The van der Waals surface area contributed by atoms with Crippen LogP contribution in [0.15, 0.2) is 11.1 Å². The van der Waals surface area contributed by atoms with Crippen LogP contribution in [0, 0.1) is 5.92 Å². The van der Waals surface area contributed by atoms with Gasteiger partial charge in [-0.25, -0.2) is 4.79 Å². The second-order valence-corrected chi connectivity index (χ2v) is 5.32. The average Bonchev–Trinajstić information content (AvgIpc) is 2.39. The first kappa shape index (κ1) is 12.6. The standard InChI is InChI=1S/C14H23NO2/c1-15-9-8-12(14(16)17-2)13(10-15)11-6-4-3-5-7-11/h11H,3-10H2,1-2H3. The first-order valence-electron chi connectivity index (χ1n) is 6.71. The Balaban J connectivity index is 2.21. The van der Waals surface area contributed by atoms with Gasteiger partial charge in [0.2, 0.25) is 0 Å². The predicted octanol–water partition coefficient (Wildman–Crippen LogP) is 2.37. The van der Waals surface area contributed by atoms with Crippen molar-refractivity contribution in [3.05, 3.63) is 11.1 Å². The molecule has 0 aromatic rings. The van der Waals surface area contributed by atoms with E-state index in [0.29, 0.717) is 5.92 Å². The summed E-state index contributed by atoms with van der Waals surface area (Å²) in [6.45, 7) is 1.93. The van der Waals surface area contributed by atoms with E-state index in [1.54, 1.807) is 0 Å². The van der Waals surface area contributed by atoms with Gasteiger partial charge in [0.15, 0.2) is 0 Å². The number of methoxy groups -OCH3 is 1. The molecule has 0 amide bonds. The van der Waals surface area contributed by atoms with Crippen molar-refractivity contribution in [2.45, 2.75) is 38.5 Å². The normalized spacial score (nSPS) is 23.9. The quantitative estimate of drug-likeness (QED) is 0.691. The number of carbonyl (C=O) groups excluding carboxylic acids is 1. The Hall–Kier alpha value is -0.830. The molecule has 0 bridgehead atoms. The minimum atomic E-state index is -0.0985. The second-order valence-electron chi connectivity index (χ2n) is 5.32. The Kier molecular flexibility index (Phi) is 4.21. The Labute approximate surface area is 104 Å². The Morgan fingerprint density at radius 3 is 2.65 bits per heavy atom. The monoisotopic (exact) mass is 237 g/mol. The van der Waals surface area contributed by atoms with Crippen molar-refractivity contribution in [2.24, 2.45) is 5.92 Å². The molecule has 1 fully saturated rings. The van der Waals surface area contributed by atoms with Crippen molar-refractivity contribution in [3.63, 3.8) is 0 Å². The molecule has 0 spiro atoms. The minimum absolute atomic E-state index is 0.0985. The van der Waals surface area contributed by atoms with Crippen molar-refractivity contribution < 1.29 is 9.53 Å². The lowest BCUT2D eigenvalue weighted by Crippen LogP contribution is -2.33. The molecule has 1 saturated carbocycles. The van der Waals surface area contributed by atoms with Gasteiger partial charge in [-0.15, -0.1) is 0 Å². The maximum Gasteiger partial charge on any atom is 0.333 e. The van der Waals surface area contributed by atoms with Gasteiger partial charge in [0.1, 0.15) is 0 Å². The van der Waals surface area contributed by atoms with Gasteiger partial charge in [0, 0.05) is 18.7 Å². The highest BCUT2D eigenvalue weighted by atomic mass is 16.5. The smallest absolute Gasteiger partial charge is 0.333 e. The van der Waals surface area contributed by atoms with Gasteiger partial charge in [0.25, 0.3) is 0 Å². The molecule has 0 radical (unpaired) electrons. The summed E-state index contributed by atoms with van der Waals surface area (Å²) >= 11 is 0. The highest BCUT2D eigenvalue weighted by Gasteiger charge is 2.28. The minimum Gasteiger partial charge on any atom is -0.466 e. The molecule has 1 aliphatic heterocycles. The number of hydrogen-bond acceptors (Lipinski definition) is 3. The highest BCUT2D eigenvalue weighted by Crippen LogP contribution is 2.34. The summed E-state index contributed by atoms with van der Waals surface area (Å²) in [5.41, 5.74) is 2.34. The van der Waals surface area contributed by atoms with Crippen LogP contribution in [0.25, 0.3) is 0 Å². The van der Waals surface area contributed by atoms with E-state index in [-0.39, 0.29) is 5.97 Å². The summed E-state index contributed by atoms with van der Waals surface area (Å²) in [5.74, 6) is 0.527. The molecule has 0 aromatic carbocycles. The molecule has 17 heavy (non-hydrogen) atoms. The van der Waals surface area contributed by atoms with Gasteiger partial charge >= 0.3 is 5.97 Å². The summed E-state index contributed by atoms with van der Waals surface area (Å²) < 4.78 is 4.93. The van der Waals surface area contributed by atoms with Gasteiger partial charge in [-0.3, -0.25) is 0 Å². The Morgan fingerprint density at radius 1 is 1.29 bits per heavy atom. The third-order valence-electron chi connectivity index (χ3n) is 4.10. The molecule has 0 unspecified atom stereocenters. The molecule has 0 atom stereocenters. The van der Waals surface area contributed by atoms with Crippen LogP contribution in [0.4, 0.5) is 0 Å². The topological polar surface area (TPSA) is 29.5 Å². The van der Waals surface area contributed by atoms with Crippen molar-refractivity contribution >= 4 is 5.97 Å². The first-order valence-corrected chi connectivity index (χ1v) is 6.71. The van der Waals surface area contributed by atoms with E-state index in [1.807, 2.05) is 0 Å². The van der Waals surface area contributed by atoms with Crippen LogP contribution in [-0.2, 0) is 9.53 Å². The van der Waals surface area contributed by atoms with Crippen molar-refractivity contribution in [1.29, 1.82) is 0 Å². The maximum atomic E-state index is 11.8. The van der Waals surface area contributed by atoms with Crippen LogP contribution in [0.1, 0.15) is 38.5 Å². The van der Waals surface area contributed by atoms with Gasteiger partial charge in [0.05, 0.1) is 7.11 Å². The SMILES string of the molecule is COC(=O)C1=C(C2CCCCC2)CN(C)CC1. The molecule has 3 heteroatoms. The fourth-order valence-electron chi connectivity index (χ4n) is 3.11. The molecule has 1 aliphatic carbocycles. The van der Waals surface area contributed by atoms with E-state index in [4.69, 9.17) is 4.74 Å². The fourth-order valence-corrected chi connectivity index (χ4v) is 3.11. The lowest BCUT2D eigenvalue weighted by molar-refractivity contribution is -0.136. The van der Waals surface area contributed by atoms with E-state index in [1.165, 1.54) is 44.8 Å². The molecule has 1 heterocycles. The molecular weight excluding hydrogens is 214 g/mol. The lowest BCUT2D eigenvalue weighted by Gasteiger charge is -2.33. The third-order valence-corrected chi connectivity index (χ3v) is 4.10. The number of ether oxygens (including phenoxy) is 1. The predicted molar refractivity (Wildman–Crippen MR) is 67.7 cm³/mol. The summed E-state index contributed by atoms with van der Waals surface area (Å²) in [6.07, 6.45) is 7.34. The van der Waals surface area contributed by atoms with Gasteiger partial charge in [-0.05, 0) is 37.8 Å². The Bertz CT molecular complexity index is 316. The van der Waals surface area contributed by atoms with Gasteiger partial charge in [-0.1, -0.05) is 19.3 Å². The molecule has 3 nitrogen and oxygen atoms in total. The summed E-state index contributed by atoms with van der Waals surface area (Å²) in [7, 11) is 3.63. The molecule has 0 aromatic heterocycles. The number of nitrogens with zero attached hydrogens (tertiary/aromatic N) is 1. The van der Waals surface area contributed by atoms with E-state index < -0.39 is 0 Å². The zero-order valence-corrected chi connectivity index (χ0v) is 11.0. The zero-order chi connectivity index (χ0) is 12.3. The summed E-state index contributed by atoms with van der Waals surface area (Å²) in [4.78, 5) is 14.1. The largest absolute Gasteiger partial charge is 0.466 e. The molecule has 0 saturated heterocycles. The number of carbonyl (C=O) groups is 1. The molecule has 2 rings (SSSR count). The van der Waals surface area contributed by atoms with E-state index >= 15 is 0 Å². The van der Waals surface area contributed by atoms with E-state index in [2.05, 4.69) is 11.9 Å². The molecular formula is C14H23NO2. The third kappa shape index (κ3) is 2.89. The number of rotatable bonds is 2. The van der Waals surface area contributed by atoms with Crippen LogP contribution in [-0.4, -0.2) is 38.1 Å². The van der Waals surface area contributed by atoms with Crippen LogP contribution in [0.3, 0.4) is 0 Å². The highest BCUT2D eigenvalue weighted by molar-refractivity contribution is 5.89. The summed E-state index contributed by atoms with van der Waals surface area (Å²) in [6, 6.07) is 0. The van der Waals surface area contributed by atoms with Gasteiger partial charge in [-0.2, -0.15) is 0 Å².